The highest BCUT2D eigenvalue weighted by Gasteiger charge is 2.70. The molecule has 2 heterocycles. The first-order valence-electron chi connectivity index (χ1n) is 9.60. The van der Waals surface area contributed by atoms with E-state index in [9.17, 15) is 24.3 Å². The third kappa shape index (κ3) is 3.45. The SMILES string of the molecule is C=C1C(=O)O[C@@H]2[C@H](OC(C)=O)[C@H]1[C@@H](OC(=O)C(C)(C)O)[C@@H](C(=C)C=O)[C@]2(C)[C@@H]1CO1. The number of hydrogen-bond donors (Lipinski definition) is 1. The van der Waals surface area contributed by atoms with Crippen molar-refractivity contribution in [3.63, 3.8) is 0 Å². The van der Waals surface area contributed by atoms with Crippen molar-refractivity contribution in [2.75, 3.05) is 6.61 Å². The maximum Gasteiger partial charge on any atom is 0.337 e. The topological polar surface area (TPSA) is 129 Å². The Morgan fingerprint density at radius 3 is 2.37 bits per heavy atom. The van der Waals surface area contributed by atoms with Gasteiger partial charge in [0.15, 0.2) is 5.60 Å². The number of rotatable bonds is 6. The van der Waals surface area contributed by atoms with E-state index < -0.39 is 65.2 Å². The van der Waals surface area contributed by atoms with Gasteiger partial charge in [0.1, 0.15) is 24.6 Å². The summed E-state index contributed by atoms with van der Waals surface area (Å²) in [4.78, 5) is 48.7. The van der Waals surface area contributed by atoms with Crippen LogP contribution in [-0.2, 0) is 38.1 Å². The second kappa shape index (κ2) is 7.31. The van der Waals surface area contributed by atoms with Crippen molar-refractivity contribution < 1.29 is 43.2 Å². The summed E-state index contributed by atoms with van der Waals surface area (Å²) in [6.45, 7) is 13.3. The minimum atomic E-state index is -1.84. The number of carbonyl (C=O) groups excluding carboxylic acids is 4. The van der Waals surface area contributed by atoms with Gasteiger partial charge in [-0.2, -0.15) is 0 Å². The van der Waals surface area contributed by atoms with Gasteiger partial charge in [-0.15, -0.1) is 0 Å². The Balaban J connectivity index is 2.19. The fourth-order valence-electron chi connectivity index (χ4n) is 4.60. The van der Waals surface area contributed by atoms with Crippen LogP contribution in [0.3, 0.4) is 0 Å². The Hall–Kier alpha value is -2.52. The third-order valence-corrected chi connectivity index (χ3v) is 6.14. The Labute approximate surface area is 174 Å². The van der Waals surface area contributed by atoms with Crippen LogP contribution in [0, 0.1) is 17.3 Å². The Kier molecular flexibility index (Phi) is 5.41. The molecular weight excluding hydrogens is 396 g/mol. The fraction of sp³-hybridized carbons (Fsp3) is 0.619. The van der Waals surface area contributed by atoms with Crippen LogP contribution in [0.15, 0.2) is 24.3 Å². The van der Waals surface area contributed by atoms with Gasteiger partial charge in [-0.3, -0.25) is 9.59 Å². The van der Waals surface area contributed by atoms with Crippen LogP contribution in [-0.4, -0.2) is 65.9 Å². The number of aliphatic hydroxyl groups is 1. The average molecular weight is 422 g/mol. The molecule has 9 nitrogen and oxygen atoms in total. The van der Waals surface area contributed by atoms with Crippen LogP contribution in [0.4, 0.5) is 0 Å². The molecule has 0 amide bonds. The Morgan fingerprint density at radius 1 is 1.30 bits per heavy atom. The second-order valence-corrected chi connectivity index (χ2v) is 8.74. The lowest BCUT2D eigenvalue weighted by Gasteiger charge is -2.57. The highest BCUT2D eigenvalue weighted by Crippen LogP contribution is 2.58. The van der Waals surface area contributed by atoms with Crippen LogP contribution in [0.2, 0.25) is 0 Å². The van der Waals surface area contributed by atoms with Crippen molar-refractivity contribution in [3.05, 3.63) is 24.3 Å². The maximum atomic E-state index is 12.6. The molecule has 0 radical (unpaired) electrons. The third-order valence-electron chi connectivity index (χ3n) is 6.14. The van der Waals surface area contributed by atoms with E-state index >= 15 is 0 Å². The fourth-order valence-corrected chi connectivity index (χ4v) is 4.60. The minimum absolute atomic E-state index is 0.0616. The van der Waals surface area contributed by atoms with Crippen LogP contribution < -0.4 is 0 Å². The minimum Gasteiger partial charge on any atom is -0.459 e. The van der Waals surface area contributed by atoms with Crippen LogP contribution >= 0.6 is 0 Å². The summed E-state index contributed by atoms with van der Waals surface area (Å²) in [7, 11) is 0. The first-order valence-corrected chi connectivity index (χ1v) is 9.60. The molecule has 3 rings (SSSR count). The van der Waals surface area contributed by atoms with Gasteiger partial charge >= 0.3 is 17.9 Å². The van der Waals surface area contributed by atoms with E-state index in [1.807, 2.05) is 0 Å². The molecule has 1 N–H and O–H groups in total. The first-order chi connectivity index (χ1) is 13.8. The predicted molar refractivity (Wildman–Crippen MR) is 101 cm³/mol. The molecule has 0 aromatic carbocycles. The van der Waals surface area contributed by atoms with Crippen molar-refractivity contribution in [2.24, 2.45) is 17.3 Å². The number of carbonyl (C=O) groups is 4. The largest absolute Gasteiger partial charge is 0.459 e. The summed E-state index contributed by atoms with van der Waals surface area (Å²) in [6, 6.07) is 0. The van der Waals surface area contributed by atoms with Gasteiger partial charge in [-0.05, 0) is 19.4 Å². The lowest BCUT2D eigenvalue weighted by molar-refractivity contribution is -0.237. The Morgan fingerprint density at radius 2 is 1.90 bits per heavy atom. The van der Waals surface area contributed by atoms with Crippen LogP contribution in [0.5, 0.6) is 0 Å². The van der Waals surface area contributed by atoms with Gasteiger partial charge in [0, 0.05) is 23.8 Å². The van der Waals surface area contributed by atoms with E-state index in [1.54, 1.807) is 6.92 Å². The summed E-state index contributed by atoms with van der Waals surface area (Å²) in [5.41, 5.74) is -2.89. The second-order valence-electron chi connectivity index (χ2n) is 8.74. The zero-order valence-electron chi connectivity index (χ0n) is 17.4. The number of epoxide rings is 1. The molecule has 164 valence electrons. The normalized spacial score (nSPS) is 37.6. The molecular formula is C21H26O9. The van der Waals surface area contributed by atoms with Gasteiger partial charge in [-0.25, -0.2) is 9.59 Å². The van der Waals surface area contributed by atoms with Gasteiger partial charge in [-0.1, -0.05) is 20.1 Å². The van der Waals surface area contributed by atoms with E-state index in [-0.39, 0.29) is 11.1 Å². The van der Waals surface area contributed by atoms with Gasteiger partial charge < -0.3 is 24.1 Å². The van der Waals surface area contributed by atoms with E-state index in [1.165, 1.54) is 20.8 Å². The molecule has 3 fully saturated rings. The molecule has 1 saturated carbocycles. The summed E-state index contributed by atoms with van der Waals surface area (Å²) in [5.74, 6) is -4.14. The quantitative estimate of drug-likeness (QED) is 0.214. The summed E-state index contributed by atoms with van der Waals surface area (Å²) >= 11 is 0. The molecule has 0 aromatic heterocycles. The molecule has 2 bridgehead atoms. The molecule has 30 heavy (non-hydrogen) atoms. The highest BCUT2D eigenvalue weighted by molar-refractivity contribution is 5.90. The predicted octanol–water partition coefficient (Wildman–Crippen LogP) is 0.489. The lowest BCUT2D eigenvalue weighted by Crippen LogP contribution is -2.69. The summed E-state index contributed by atoms with van der Waals surface area (Å²) in [5, 5.41) is 10.1. The van der Waals surface area contributed by atoms with Crippen molar-refractivity contribution >= 4 is 24.2 Å². The zero-order valence-corrected chi connectivity index (χ0v) is 17.4. The molecule has 2 aliphatic heterocycles. The highest BCUT2D eigenvalue weighted by atomic mass is 16.6. The zero-order chi connectivity index (χ0) is 22.6. The number of ether oxygens (including phenoxy) is 4. The van der Waals surface area contributed by atoms with Crippen molar-refractivity contribution in [1.82, 2.24) is 0 Å². The number of aldehydes is 1. The smallest absolute Gasteiger partial charge is 0.337 e. The van der Waals surface area contributed by atoms with Gasteiger partial charge in [0.2, 0.25) is 0 Å². The molecule has 1 aliphatic carbocycles. The molecule has 2 saturated heterocycles. The van der Waals surface area contributed by atoms with Crippen molar-refractivity contribution in [3.8, 4) is 0 Å². The molecule has 9 heteroatoms. The lowest BCUT2D eigenvalue weighted by atomic mass is 9.54. The van der Waals surface area contributed by atoms with E-state index in [0.29, 0.717) is 12.9 Å². The summed E-state index contributed by atoms with van der Waals surface area (Å²) in [6.07, 6.45) is -3.07. The standard InChI is InChI=1S/C21H26O9/c1-9(7-22)14-15(29-19(25)20(4,5)26)13-10(2)18(24)30-17(16(13)28-11(3)23)21(14,6)12-8-27-12/h7,12-17,26H,1-2,8H2,3-6H3/t12-,13+,14+,15+,16+,17+,21-/m0/s1. The Bertz CT molecular complexity index is 819. The first kappa shape index (κ1) is 22.2. The van der Waals surface area contributed by atoms with Crippen molar-refractivity contribution in [2.45, 2.75) is 57.7 Å². The molecule has 3 aliphatic rings. The molecule has 0 aromatic rings. The molecule has 7 atom stereocenters. The molecule has 0 spiro atoms. The number of esters is 3. The average Bonchev–Trinajstić information content (AvgIpc) is 3.47. The van der Waals surface area contributed by atoms with Gasteiger partial charge in [0.05, 0.1) is 18.6 Å². The number of hydrogen-bond acceptors (Lipinski definition) is 9. The van der Waals surface area contributed by atoms with E-state index in [2.05, 4.69) is 13.2 Å². The monoisotopic (exact) mass is 422 g/mol. The number of fused-ring (bicyclic) bond motifs is 2. The van der Waals surface area contributed by atoms with Crippen LogP contribution in [0.1, 0.15) is 27.7 Å². The summed E-state index contributed by atoms with van der Waals surface area (Å²) < 4.78 is 22.3. The van der Waals surface area contributed by atoms with E-state index in [0.717, 1.165) is 0 Å². The van der Waals surface area contributed by atoms with E-state index in [4.69, 9.17) is 18.9 Å². The maximum absolute atomic E-state index is 12.6. The van der Waals surface area contributed by atoms with Crippen LogP contribution in [0.25, 0.3) is 0 Å². The van der Waals surface area contributed by atoms with Gasteiger partial charge in [0.25, 0.3) is 0 Å². The molecule has 0 unspecified atom stereocenters. The van der Waals surface area contributed by atoms with Crippen molar-refractivity contribution in [1.29, 1.82) is 0 Å².